The minimum absolute atomic E-state index is 0.193. The van der Waals surface area contributed by atoms with E-state index in [1.54, 1.807) is 11.3 Å². The Morgan fingerprint density at radius 2 is 1.93 bits per heavy atom. The fourth-order valence-corrected chi connectivity index (χ4v) is 6.14. The van der Waals surface area contributed by atoms with Crippen molar-refractivity contribution in [2.24, 2.45) is 5.92 Å². The summed E-state index contributed by atoms with van der Waals surface area (Å²) in [5, 5.41) is 2.10. The van der Waals surface area contributed by atoms with Crippen molar-refractivity contribution < 1.29 is 9.53 Å². The maximum absolute atomic E-state index is 12.8. The topological polar surface area (TPSA) is 45.7 Å². The Balaban J connectivity index is 1.33. The molecule has 1 amide bonds. The number of thiophene rings is 1. The maximum Gasteiger partial charge on any atom is 0.415 e. The number of benzene rings is 1. The molecule has 0 aliphatic carbocycles. The molecule has 7 rings (SSSR count). The third-order valence-electron chi connectivity index (χ3n) is 6.53. The van der Waals surface area contributed by atoms with Crippen LogP contribution in [0, 0.1) is 5.92 Å². The first-order valence-corrected chi connectivity index (χ1v) is 10.7. The molecule has 6 heterocycles. The van der Waals surface area contributed by atoms with Gasteiger partial charge in [-0.1, -0.05) is 18.2 Å². The van der Waals surface area contributed by atoms with Crippen molar-refractivity contribution in [2.75, 3.05) is 31.1 Å². The number of piperidine rings is 3. The van der Waals surface area contributed by atoms with Crippen molar-refractivity contribution in [3.8, 4) is 10.4 Å². The van der Waals surface area contributed by atoms with Crippen molar-refractivity contribution >= 4 is 33.3 Å². The quantitative estimate of drug-likeness (QED) is 0.650. The maximum atomic E-state index is 12.8. The number of carbonyl (C=O) groups is 1. The molecule has 3 aromatic rings. The lowest BCUT2D eigenvalue weighted by Crippen LogP contribution is -2.61. The summed E-state index contributed by atoms with van der Waals surface area (Å²) in [6, 6.07) is 14.4. The van der Waals surface area contributed by atoms with E-state index in [0.29, 0.717) is 12.5 Å². The average molecular weight is 391 g/mol. The number of pyridine rings is 1. The Labute approximate surface area is 167 Å². The summed E-state index contributed by atoms with van der Waals surface area (Å²) in [6.07, 6.45) is 3.94. The van der Waals surface area contributed by atoms with Gasteiger partial charge in [0.15, 0.2) is 0 Å². The fourth-order valence-electron chi connectivity index (χ4n) is 5.11. The van der Waals surface area contributed by atoms with Crippen molar-refractivity contribution in [3.63, 3.8) is 0 Å². The Hall–Kier alpha value is -2.44. The van der Waals surface area contributed by atoms with Gasteiger partial charge in [0.1, 0.15) is 10.6 Å². The normalized spacial score (nSPS) is 29.0. The van der Waals surface area contributed by atoms with Gasteiger partial charge in [-0.25, -0.2) is 4.79 Å². The number of nitrogens with zero attached hydrogens (tertiary/aromatic N) is 3. The summed E-state index contributed by atoms with van der Waals surface area (Å²) in [7, 11) is 0. The van der Waals surface area contributed by atoms with Gasteiger partial charge in [-0.3, -0.25) is 14.8 Å². The molecule has 0 radical (unpaired) electrons. The van der Waals surface area contributed by atoms with E-state index in [1.807, 2.05) is 29.3 Å². The highest BCUT2D eigenvalue weighted by atomic mass is 32.1. The Morgan fingerprint density at radius 1 is 1.07 bits per heavy atom. The lowest BCUT2D eigenvalue weighted by Gasteiger charge is -2.49. The predicted octanol–water partition coefficient (Wildman–Crippen LogP) is 4.38. The zero-order chi connectivity index (χ0) is 18.7. The van der Waals surface area contributed by atoms with Crippen LogP contribution in [0.3, 0.4) is 0 Å². The largest absolute Gasteiger partial charge is 0.439 e. The summed E-state index contributed by atoms with van der Waals surface area (Å²) in [6.45, 7) is 3.83. The average Bonchev–Trinajstić information content (AvgIpc) is 3.33. The van der Waals surface area contributed by atoms with Crippen molar-refractivity contribution in [1.29, 1.82) is 0 Å². The minimum Gasteiger partial charge on any atom is -0.439 e. The second kappa shape index (κ2) is 6.03. The smallest absolute Gasteiger partial charge is 0.415 e. The summed E-state index contributed by atoms with van der Waals surface area (Å²) >= 11 is 1.65. The Kier molecular flexibility index (Phi) is 3.55. The summed E-state index contributed by atoms with van der Waals surface area (Å²) in [5.41, 5.74) is 1.83. The van der Waals surface area contributed by atoms with Crippen LogP contribution in [0.5, 0.6) is 0 Å². The van der Waals surface area contributed by atoms with Crippen molar-refractivity contribution in [2.45, 2.75) is 18.4 Å². The highest BCUT2D eigenvalue weighted by Crippen LogP contribution is 2.45. The molecular formula is C22H21N3O2S. The Morgan fingerprint density at radius 3 is 2.75 bits per heavy atom. The van der Waals surface area contributed by atoms with E-state index in [9.17, 15) is 4.79 Å². The number of amides is 1. The number of fused-ring (bicyclic) bond motifs is 3. The molecule has 0 saturated carbocycles. The van der Waals surface area contributed by atoms with Gasteiger partial charge in [0.25, 0.3) is 0 Å². The van der Waals surface area contributed by atoms with E-state index in [2.05, 4.69) is 34.1 Å². The molecule has 1 atom stereocenters. The van der Waals surface area contributed by atoms with Gasteiger partial charge >= 0.3 is 6.09 Å². The van der Waals surface area contributed by atoms with Gasteiger partial charge in [-0.15, -0.1) is 11.3 Å². The summed E-state index contributed by atoms with van der Waals surface area (Å²) < 4.78 is 6.02. The van der Waals surface area contributed by atoms with Crippen LogP contribution < -0.4 is 4.90 Å². The van der Waals surface area contributed by atoms with E-state index in [-0.39, 0.29) is 11.7 Å². The molecule has 4 aliphatic rings. The molecule has 4 aliphatic heterocycles. The zero-order valence-electron chi connectivity index (χ0n) is 15.5. The van der Waals surface area contributed by atoms with Crippen LogP contribution in [0.2, 0.25) is 0 Å². The summed E-state index contributed by atoms with van der Waals surface area (Å²) in [5.74, 6) is 0.495. The first kappa shape index (κ1) is 16.5. The number of hydrogen-bond acceptors (Lipinski definition) is 5. The van der Waals surface area contributed by atoms with Gasteiger partial charge in [-0.2, -0.15) is 0 Å². The highest BCUT2D eigenvalue weighted by Gasteiger charge is 2.55. The predicted molar refractivity (Wildman–Crippen MR) is 111 cm³/mol. The first-order chi connectivity index (χ1) is 13.7. The van der Waals surface area contributed by atoms with Crippen LogP contribution in [0.4, 0.5) is 9.80 Å². The standard InChI is InChI=1S/C22H21N3O2S/c26-21-25(14-22(27-21)13-24-11-8-15(22)9-12-24)20-6-5-19(28-20)17-7-10-23-18-4-2-1-3-16(17)18/h1-7,10,15H,8-9,11-14H2/t22-/m0/s1. The third-order valence-corrected chi connectivity index (χ3v) is 7.67. The van der Waals surface area contributed by atoms with Crippen LogP contribution in [0.25, 0.3) is 21.3 Å². The van der Waals surface area contributed by atoms with Gasteiger partial charge < -0.3 is 4.74 Å². The number of carbonyl (C=O) groups excluding carboxylic acids is 1. The fraction of sp³-hybridized carbons (Fsp3) is 0.364. The monoisotopic (exact) mass is 391 g/mol. The van der Waals surface area contributed by atoms with Crippen LogP contribution in [0.1, 0.15) is 12.8 Å². The van der Waals surface area contributed by atoms with E-state index < -0.39 is 0 Å². The van der Waals surface area contributed by atoms with Gasteiger partial charge in [0.2, 0.25) is 0 Å². The number of ether oxygens (including phenoxy) is 1. The van der Waals surface area contributed by atoms with Gasteiger partial charge in [0.05, 0.1) is 12.1 Å². The van der Waals surface area contributed by atoms with Crippen LogP contribution in [0.15, 0.2) is 48.7 Å². The molecule has 2 bridgehead atoms. The minimum atomic E-state index is -0.318. The molecule has 0 N–H and O–H groups in total. The number of anilines is 1. The number of hydrogen-bond donors (Lipinski definition) is 0. The third kappa shape index (κ3) is 2.41. The molecule has 1 spiro atoms. The van der Waals surface area contributed by atoms with Gasteiger partial charge in [0, 0.05) is 34.5 Å². The SMILES string of the molecule is O=C1O[C@@]2(CN3CCC2CC3)CN1c1ccc(-c2ccnc3ccccc23)s1. The number of aromatic nitrogens is 1. The lowest BCUT2D eigenvalue weighted by atomic mass is 9.75. The number of para-hydroxylation sites is 1. The van der Waals surface area contributed by atoms with Gasteiger partial charge in [-0.05, 0) is 50.2 Å². The van der Waals surface area contributed by atoms with E-state index in [1.165, 1.54) is 0 Å². The molecule has 142 valence electrons. The lowest BCUT2D eigenvalue weighted by molar-refractivity contribution is -0.0881. The molecule has 4 fully saturated rings. The molecule has 2 aromatic heterocycles. The Bertz CT molecular complexity index is 1070. The van der Waals surface area contributed by atoms with Crippen LogP contribution in [-0.2, 0) is 4.74 Å². The molecule has 4 saturated heterocycles. The van der Waals surface area contributed by atoms with Crippen LogP contribution >= 0.6 is 11.3 Å². The van der Waals surface area contributed by atoms with Crippen molar-refractivity contribution in [3.05, 3.63) is 48.7 Å². The van der Waals surface area contributed by atoms with E-state index in [4.69, 9.17) is 4.74 Å². The molecule has 28 heavy (non-hydrogen) atoms. The van der Waals surface area contributed by atoms with Crippen LogP contribution in [-0.4, -0.2) is 47.8 Å². The zero-order valence-corrected chi connectivity index (χ0v) is 16.3. The van der Waals surface area contributed by atoms with E-state index in [0.717, 1.165) is 58.8 Å². The molecule has 0 unspecified atom stereocenters. The molecule has 5 nitrogen and oxygen atoms in total. The number of rotatable bonds is 2. The second-order valence-electron chi connectivity index (χ2n) is 8.08. The second-order valence-corrected chi connectivity index (χ2v) is 9.15. The molecular weight excluding hydrogens is 370 g/mol. The van der Waals surface area contributed by atoms with Crippen molar-refractivity contribution in [1.82, 2.24) is 9.88 Å². The molecule has 6 heteroatoms. The first-order valence-electron chi connectivity index (χ1n) is 9.89. The highest BCUT2D eigenvalue weighted by molar-refractivity contribution is 7.19. The summed E-state index contributed by atoms with van der Waals surface area (Å²) in [4.78, 5) is 22.7. The molecule has 1 aromatic carbocycles. The van der Waals surface area contributed by atoms with E-state index >= 15 is 0 Å².